The third kappa shape index (κ3) is 2.95. The Morgan fingerprint density at radius 1 is 1.11 bits per heavy atom. The van der Waals surface area contributed by atoms with Crippen molar-refractivity contribution in [3.05, 3.63) is 76.0 Å². The van der Waals surface area contributed by atoms with Crippen molar-refractivity contribution in [1.29, 1.82) is 0 Å². The smallest absolute Gasteiger partial charge is 0.256 e. The lowest BCUT2D eigenvalue weighted by Gasteiger charge is -2.14. The van der Waals surface area contributed by atoms with Gasteiger partial charge in [-0.15, -0.1) is 0 Å². The Bertz CT molecular complexity index is 1280. The minimum absolute atomic E-state index is 0.0405. The maximum atomic E-state index is 13.7. The van der Waals surface area contributed by atoms with Crippen molar-refractivity contribution >= 4 is 39.0 Å². The van der Waals surface area contributed by atoms with Gasteiger partial charge in [-0.05, 0) is 49.7 Å². The number of aromatic amines is 1. The second-order valence-electron chi connectivity index (χ2n) is 6.43. The summed E-state index contributed by atoms with van der Waals surface area (Å²) in [4.78, 5) is 31.4. The van der Waals surface area contributed by atoms with E-state index in [-0.39, 0.29) is 11.3 Å². The van der Waals surface area contributed by atoms with E-state index in [1.54, 1.807) is 24.3 Å². The zero-order chi connectivity index (χ0) is 19.1. The van der Waals surface area contributed by atoms with Crippen LogP contribution in [0.5, 0.6) is 0 Å². The van der Waals surface area contributed by atoms with Crippen molar-refractivity contribution in [2.24, 2.45) is 0 Å². The number of nitrogens with one attached hydrogen (secondary N) is 2. The Morgan fingerprint density at radius 2 is 1.93 bits per heavy atom. The van der Waals surface area contributed by atoms with E-state index in [0.29, 0.717) is 33.1 Å². The summed E-state index contributed by atoms with van der Waals surface area (Å²) in [5.74, 6) is -0.000116. The molecule has 27 heavy (non-hydrogen) atoms. The van der Waals surface area contributed by atoms with Crippen LogP contribution >= 0.6 is 0 Å². The molecule has 2 aromatic heterocycles. The van der Waals surface area contributed by atoms with Crippen LogP contribution in [0.3, 0.4) is 0 Å². The third-order valence-corrected chi connectivity index (χ3v) is 4.57. The summed E-state index contributed by atoms with van der Waals surface area (Å²) >= 11 is 0. The average Bonchev–Trinajstić information content (AvgIpc) is 2.64. The number of aromatic nitrogens is 2. The fourth-order valence-electron chi connectivity index (χ4n) is 3.13. The fraction of sp³-hybridized carbons (Fsp3) is 0.0952. The van der Waals surface area contributed by atoms with Gasteiger partial charge in [0.2, 0.25) is 0 Å². The minimum atomic E-state index is -0.431. The number of hydrogen-bond donors (Lipinski definition) is 2. The Morgan fingerprint density at radius 3 is 2.70 bits per heavy atom. The van der Waals surface area contributed by atoms with Gasteiger partial charge in [-0.25, -0.2) is 9.37 Å². The van der Waals surface area contributed by atoms with Gasteiger partial charge in [0.25, 0.3) is 5.56 Å². The highest BCUT2D eigenvalue weighted by atomic mass is 19.1. The molecule has 6 heteroatoms. The molecule has 2 heterocycles. The summed E-state index contributed by atoms with van der Waals surface area (Å²) in [5, 5.41) is 4.62. The number of nitrogens with zero attached hydrogens (tertiary/aromatic N) is 1. The van der Waals surface area contributed by atoms with Crippen molar-refractivity contribution in [2.45, 2.75) is 13.8 Å². The normalized spacial score (nSPS) is 11.1. The van der Waals surface area contributed by atoms with E-state index < -0.39 is 5.82 Å². The molecule has 134 valence electrons. The van der Waals surface area contributed by atoms with Crippen molar-refractivity contribution in [1.82, 2.24) is 9.97 Å². The molecule has 0 spiro atoms. The van der Waals surface area contributed by atoms with Crippen molar-refractivity contribution < 1.29 is 9.18 Å². The second-order valence-corrected chi connectivity index (χ2v) is 6.43. The van der Waals surface area contributed by atoms with Crippen LogP contribution in [0.4, 0.5) is 15.9 Å². The zero-order valence-corrected chi connectivity index (χ0v) is 14.8. The highest BCUT2D eigenvalue weighted by Gasteiger charge is 2.13. The number of benzene rings is 2. The number of aryl methyl sites for hydroxylation is 1. The Hall–Kier alpha value is -3.54. The molecule has 4 rings (SSSR count). The molecule has 0 fully saturated rings. The van der Waals surface area contributed by atoms with Gasteiger partial charge >= 0.3 is 0 Å². The van der Waals surface area contributed by atoms with Crippen molar-refractivity contribution in [3.8, 4) is 0 Å². The van der Waals surface area contributed by atoms with E-state index >= 15 is 0 Å². The number of fused-ring (bicyclic) bond motifs is 3. The predicted octanol–water partition coefficient (Wildman–Crippen LogP) is 4.47. The first-order chi connectivity index (χ1) is 12.9. The summed E-state index contributed by atoms with van der Waals surface area (Å²) in [6.07, 6.45) is 1.53. The summed E-state index contributed by atoms with van der Waals surface area (Å²) in [5.41, 5.74) is 2.41. The number of rotatable bonds is 3. The first-order valence-corrected chi connectivity index (χ1v) is 8.43. The lowest BCUT2D eigenvalue weighted by atomic mass is 10.1. The first-order valence-electron chi connectivity index (χ1n) is 8.43. The van der Waals surface area contributed by atoms with E-state index in [1.807, 2.05) is 13.0 Å². The minimum Gasteiger partial charge on any atom is -0.339 e. The monoisotopic (exact) mass is 361 g/mol. The van der Waals surface area contributed by atoms with E-state index in [0.717, 1.165) is 11.3 Å². The maximum Gasteiger partial charge on any atom is 0.256 e. The van der Waals surface area contributed by atoms with Gasteiger partial charge in [0, 0.05) is 28.2 Å². The Balaban J connectivity index is 1.98. The van der Waals surface area contributed by atoms with Gasteiger partial charge in [0.05, 0.1) is 10.9 Å². The lowest BCUT2D eigenvalue weighted by molar-refractivity contribution is 0.101. The largest absolute Gasteiger partial charge is 0.339 e. The van der Waals surface area contributed by atoms with E-state index in [2.05, 4.69) is 15.3 Å². The topological polar surface area (TPSA) is 74.8 Å². The quantitative estimate of drug-likeness (QED) is 0.417. The molecule has 0 bridgehead atoms. The summed E-state index contributed by atoms with van der Waals surface area (Å²) in [6, 6.07) is 11.3. The molecular weight excluding hydrogens is 345 g/mol. The molecule has 0 unspecified atom stereocenters. The number of anilines is 2. The van der Waals surface area contributed by atoms with Crippen LogP contribution in [0.1, 0.15) is 22.8 Å². The van der Waals surface area contributed by atoms with Crippen LogP contribution < -0.4 is 10.9 Å². The number of halogens is 1. The van der Waals surface area contributed by atoms with Gasteiger partial charge < -0.3 is 10.3 Å². The summed E-state index contributed by atoms with van der Waals surface area (Å²) < 4.78 is 13.7. The molecule has 5 nitrogen and oxygen atoms in total. The van der Waals surface area contributed by atoms with Crippen LogP contribution in [-0.4, -0.2) is 15.8 Å². The second kappa shape index (κ2) is 6.32. The molecule has 4 aromatic rings. The van der Waals surface area contributed by atoms with Crippen LogP contribution in [0.2, 0.25) is 0 Å². The van der Waals surface area contributed by atoms with Crippen LogP contribution in [0.25, 0.3) is 21.7 Å². The molecule has 0 atom stereocenters. The number of carbonyl (C=O) groups is 1. The molecule has 0 saturated heterocycles. The van der Waals surface area contributed by atoms with E-state index in [9.17, 15) is 14.0 Å². The number of hydrogen-bond acceptors (Lipinski definition) is 4. The molecule has 0 radical (unpaired) electrons. The lowest BCUT2D eigenvalue weighted by Crippen LogP contribution is -2.08. The molecule has 0 aliphatic heterocycles. The predicted molar refractivity (Wildman–Crippen MR) is 104 cm³/mol. The average molecular weight is 361 g/mol. The van der Waals surface area contributed by atoms with Gasteiger partial charge in [-0.1, -0.05) is 12.1 Å². The molecule has 0 aliphatic rings. The molecule has 0 aliphatic carbocycles. The maximum absolute atomic E-state index is 13.7. The summed E-state index contributed by atoms with van der Waals surface area (Å²) in [7, 11) is 0. The highest BCUT2D eigenvalue weighted by Crippen LogP contribution is 2.30. The van der Waals surface area contributed by atoms with Crippen molar-refractivity contribution in [3.63, 3.8) is 0 Å². The van der Waals surface area contributed by atoms with E-state index in [4.69, 9.17) is 0 Å². The number of H-pyrrole nitrogens is 1. The van der Waals surface area contributed by atoms with E-state index in [1.165, 1.54) is 25.3 Å². The zero-order valence-electron chi connectivity index (χ0n) is 14.8. The van der Waals surface area contributed by atoms with Gasteiger partial charge in [-0.3, -0.25) is 9.59 Å². The Labute approximate surface area is 153 Å². The number of ketones is 1. The highest BCUT2D eigenvalue weighted by molar-refractivity contribution is 6.10. The molecule has 0 saturated carbocycles. The number of pyridine rings is 2. The number of Topliss-reactive ketones (excluding diaryl/α,β-unsaturated/α-hetero) is 1. The SMILES string of the molecule is CC(=O)c1ccc(C)c(Nc2nc3ccc(F)cc3c3c(=O)[nH]ccc23)c1. The van der Waals surface area contributed by atoms with Gasteiger partial charge in [-0.2, -0.15) is 0 Å². The van der Waals surface area contributed by atoms with Crippen molar-refractivity contribution in [2.75, 3.05) is 5.32 Å². The van der Waals surface area contributed by atoms with Crippen LogP contribution in [0, 0.1) is 12.7 Å². The summed E-state index contributed by atoms with van der Waals surface area (Å²) in [6.45, 7) is 3.42. The molecule has 0 amide bonds. The van der Waals surface area contributed by atoms with Gasteiger partial charge in [0.1, 0.15) is 11.6 Å². The van der Waals surface area contributed by atoms with Gasteiger partial charge in [0.15, 0.2) is 5.78 Å². The molecule has 2 aromatic carbocycles. The van der Waals surface area contributed by atoms with Crippen LogP contribution in [-0.2, 0) is 0 Å². The van der Waals surface area contributed by atoms with Crippen LogP contribution in [0.15, 0.2) is 53.5 Å². The molecule has 2 N–H and O–H groups in total. The Kier molecular flexibility index (Phi) is 3.96. The third-order valence-electron chi connectivity index (χ3n) is 4.57. The fourth-order valence-corrected chi connectivity index (χ4v) is 3.13. The number of carbonyl (C=O) groups excluding carboxylic acids is 1. The first kappa shape index (κ1) is 16.9. The molecular formula is C21H16FN3O2. The standard InChI is InChI=1S/C21H16FN3O2/c1-11-3-4-13(12(2)26)9-18(11)25-20-15-7-8-23-21(27)19(15)16-10-14(22)5-6-17(16)24-20/h3-10H,1-2H3,(H,23,27)(H,24,25).